The highest BCUT2D eigenvalue weighted by Gasteiger charge is 2.14. The summed E-state index contributed by atoms with van der Waals surface area (Å²) < 4.78 is 1.04. The molecule has 2 aromatic rings. The molecule has 2 aromatic carbocycles. The van der Waals surface area contributed by atoms with Crippen LogP contribution in [0.15, 0.2) is 59.8 Å². The van der Waals surface area contributed by atoms with E-state index in [-0.39, 0.29) is 5.91 Å². The number of hydrogen-bond donors (Lipinski definition) is 2. The molecule has 0 aliphatic carbocycles. The topological polar surface area (TPSA) is 76.7 Å². The van der Waals surface area contributed by atoms with E-state index in [1.54, 1.807) is 6.92 Å². The van der Waals surface area contributed by atoms with E-state index in [4.69, 9.17) is 10.6 Å². The van der Waals surface area contributed by atoms with Crippen molar-refractivity contribution >= 4 is 40.0 Å². The molecule has 0 spiro atoms. The lowest BCUT2D eigenvalue weighted by atomic mass is 10.1. The molecule has 0 bridgehead atoms. The molecule has 0 radical (unpaired) electrons. The third-order valence-electron chi connectivity index (χ3n) is 3.02. The van der Waals surface area contributed by atoms with Gasteiger partial charge < -0.3 is 15.9 Å². The molecule has 3 N–H and O–H groups in total. The quantitative estimate of drug-likeness (QED) is 0.325. The number of carbonyl (C=O) groups is 1. The lowest BCUT2D eigenvalue weighted by Crippen LogP contribution is -2.27. The number of amidine groups is 1. The Labute approximate surface area is 149 Å². The van der Waals surface area contributed by atoms with Gasteiger partial charge in [-0.1, -0.05) is 41.6 Å². The van der Waals surface area contributed by atoms with E-state index >= 15 is 0 Å². The number of nitrogens with one attached hydrogen (secondary N) is 1. The highest BCUT2D eigenvalue weighted by atomic mass is 127. The van der Waals surface area contributed by atoms with Crippen LogP contribution in [0.2, 0.25) is 0 Å². The SMILES string of the molecule is CC(O/N=C(/N)Cc1ccccc1)C(=O)Nc1cccc(I)c1. The van der Waals surface area contributed by atoms with Gasteiger partial charge in [-0.2, -0.15) is 0 Å². The van der Waals surface area contributed by atoms with Crippen molar-refractivity contribution in [2.75, 3.05) is 5.32 Å². The number of oxime groups is 1. The van der Waals surface area contributed by atoms with Crippen molar-refractivity contribution in [1.29, 1.82) is 0 Å². The zero-order valence-electron chi connectivity index (χ0n) is 12.7. The maximum absolute atomic E-state index is 12.0. The molecule has 0 heterocycles. The van der Waals surface area contributed by atoms with Gasteiger partial charge in [0.05, 0.1) is 0 Å². The van der Waals surface area contributed by atoms with Gasteiger partial charge in [0.1, 0.15) is 5.84 Å². The second-order valence-corrected chi connectivity index (χ2v) is 6.24. The lowest BCUT2D eigenvalue weighted by molar-refractivity contribution is -0.126. The summed E-state index contributed by atoms with van der Waals surface area (Å²) in [6.45, 7) is 1.63. The number of halogens is 1. The standard InChI is InChI=1S/C17H18IN3O2/c1-12(17(22)20-15-9-5-8-14(18)11-15)23-21-16(19)10-13-6-3-2-4-7-13/h2-9,11-12H,10H2,1H3,(H2,19,21)(H,20,22). The number of nitrogens with zero attached hydrogens (tertiary/aromatic N) is 1. The molecule has 5 nitrogen and oxygen atoms in total. The highest BCUT2D eigenvalue weighted by Crippen LogP contribution is 2.13. The van der Waals surface area contributed by atoms with E-state index in [1.165, 1.54) is 0 Å². The Morgan fingerprint density at radius 3 is 2.70 bits per heavy atom. The number of hydrogen-bond acceptors (Lipinski definition) is 3. The Bertz CT molecular complexity index is 689. The Morgan fingerprint density at radius 2 is 2.00 bits per heavy atom. The van der Waals surface area contributed by atoms with Crippen LogP contribution in [-0.2, 0) is 16.1 Å². The molecule has 1 amide bonds. The van der Waals surface area contributed by atoms with Gasteiger partial charge in [0.25, 0.3) is 5.91 Å². The van der Waals surface area contributed by atoms with Crippen molar-refractivity contribution in [2.24, 2.45) is 10.9 Å². The summed E-state index contributed by atoms with van der Waals surface area (Å²) in [6, 6.07) is 17.2. The molecule has 0 aliphatic rings. The lowest BCUT2D eigenvalue weighted by Gasteiger charge is -2.11. The van der Waals surface area contributed by atoms with E-state index in [9.17, 15) is 4.79 Å². The largest absolute Gasteiger partial charge is 0.384 e. The molecule has 120 valence electrons. The number of nitrogens with two attached hydrogens (primary N) is 1. The zero-order valence-corrected chi connectivity index (χ0v) is 14.9. The van der Waals surface area contributed by atoms with Gasteiger partial charge in [-0.15, -0.1) is 0 Å². The molecule has 1 atom stereocenters. The summed E-state index contributed by atoms with van der Waals surface area (Å²) >= 11 is 2.18. The van der Waals surface area contributed by atoms with Gasteiger partial charge in [0, 0.05) is 15.7 Å². The number of amides is 1. The molecular formula is C17H18IN3O2. The van der Waals surface area contributed by atoms with Crippen LogP contribution in [0.5, 0.6) is 0 Å². The molecule has 23 heavy (non-hydrogen) atoms. The Balaban J connectivity index is 1.86. The fourth-order valence-corrected chi connectivity index (χ4v) is 2.39. The molecule has 2 rings (SSSR count). The Hall–Kier alpha value is -2.09. The first kappa shape index (κ1) is 17.3. The Morgan fingerprint density at radius 1 is 1.26 bits per heavy atom. The third-order valence-corrected chi connectivity index (χ3v) is 3.69. The molecule has 6 heteroatoms. The van der Waals surface area contributed by atoms with Crippen molar-refractivity contribution in [3.63, 3.8) is 0 Å². The molecule has 1 unspecified atom stereocenters. The van der Waals surface area contributed by atoms with Crippen LogP contribution in [-0.4, -0.2) is 17.8 Å². The summed E-state index contributed by atoms with van der Waals surface area (Å²) in [5.74, 6) is 0.0494. The van der Waals surface area contributed by atoms with Crippen LogP contribution in [0.4, 0.5) is 5.69 Å². The first-order valence-corrected chi connectivity index (χ1v) is 8.21. The van der Waals surface area contributed by atoms with Crippen molar-refractivity contribution in [2.45, 2.75) is 19.4 Å². The second-order valence-electron chi connectivity index (χ2n) is 4.99. The fraction of sp³-hybridized carbons (Fsp3) is 0.176. The predicted octanol–water partition coefficient (Wildman–Crippen LogP) is 3.15. The van der Waals surface area contributed by atoms with Crippen LogP contribution in [0.3, 0.4) is 0 Å². The number of benzene rings is 2. The monoisotopic (exact) mass is 423 g/mol. The summed E-state index contributed by atoms with van der Waals surface area (Å²) in [5, 5.41) is 6.61. The number of anilines is 1. The van der Waals surface area contributed by atoms with E-state index in [0.29, 0.717) is 12.3 Å². The van der Waals surface area contributed by atoms with E-state index in [0.717, 1.165) is 14.8 Å². The van der Waals surface area contributed by atoms with Gasteiger partial charge >= 0.3 is 0 Å². The first-order chi connectivity index (χ1) is 11.0. The normalized spacial score (nSPS) is 12.5. The van der Waals surface area contributed by atoms with Gasteiger partial charge in [-0.3, -0.25) is 4.79 Å². The third kappa shape index (κ3) is 5.90. The maximum Gasteiger partial charge on any atom is 0.267 e. The highest BCUT2D eigenvalue weighted by molar-refractivity contribution is 14.1. The summed E-state index contributed by atoms with van der Waals surface area (Å²) in [4.78, 5) is 17.2. The van der Waals surface area contributed by atoms with Crippen LogP contribution < -0.4 is 11.1 Å². The average molecular weight is 423 g/mol. The Kier molecular flexibility index (Phi) is 6.40. The summed E-state index contributed by atoms with van der Waals surface area (Å²) in [7, 11) is 0. The number of carbonyl (C=O) groups excluding carboxylic acids is 1. The van der Waals surface area contributed by atoms with Gasteiger partial charge in [-0.05, 0) is 53.3 Å². The van der Waals surface area contributed by atoms with E-state index in [2.05, 4.69) is 33.1 Å². The molecule has 0 fully saturated rings. The van der Waals surface area contributed by atoms with Crippen LogP contribution in [0, 0.1) is 3.57 Å². The van der Waals surface area contributed by atoms with E-state index in [1.807, 2.05) is 54.6 Å². The van der Waals surface area contributed by atoms with Gasteiger partial charge in [0.15, 0.2) is 0 Å². The first-order valence-electron chi connectivity index (χ1n) is 7.13. The maximum atomic E-state index is 12.0. The smallest absolute Gasteiger partial charge is 0.267 e. The van der Waals surface area contributed by atoms with Crippen molar-refractivity contribution in [1.82, 2.24) is 0 Å². The molecule has 0 aromatic heterocycles. The predicted molar refractivity (Wildman–Crippen MR) is 100 cm³/mol. The van der Waals surface area contributed by atoms with Crippen LogP contribution in [0.1, 0.15) is 12.5 Å². The molecule has 0 saturated carbocycles. The number of rotatable bonds is 6. The second kappa shape index (κ2) is 8.52. The van der Waals surface area contributed by atoms with Crippen LogP contribution in [0.25, 0.3) is 0 Å². The fourth-order valence-electron chi connectivity index (χ4n) is 1.84. The van der Waals surface area contributed by atoms with Crippen molar-refractivity contribution in [3.05, 3.63) is 63.7 Å². The summed E-state index contributed by atoms with van der Waals surface area (Å²) in [6.07, 6.45) is -0.256. The molecular weight excluding hydrogens is 405 g/mol. The van der Waals surface area contributed by atoms with Crippen molar-refractivity contribution < 1.29 is 9.63 Å². The minimum absolute atomic E-state index is 0.275. The van der Waals surface area contributed by atoms with E-state index < -0.39 is 6.10 Å². The average Bonchev–Trinajstić information content (AvgIpc) is 2.53. The zero-order chi connectivity index (χ0) is 16.7. The minimum atomic E-state index is -0.734. The van der Waals surface area contributed by atoms with Crippen molar-refractivity contribution in [3.8, 4) is 0 Å². The van der Waals surface area contributed by atoms with Crippen LogP contribution >= 0.6 is 22.6 Å². The van der Waals surface area contributed by atoms with Gasteiger partial charge in [-0.25, -0.2) is 0 Å². The summed E-state index contributed by atoms with van der Waals surface area (Å²) in [5.41, 5.74) is 7.58. The minimum Gasteiger partial charge on any atom is -0.384 e. The molecule has 0 aliphatic heterocycles. The van der Waals surface area contributed by atoms with Gasteiger partial charge in [0.2, 0.25) is 6.10 Å². The molecule has 0 saturated heterocycles.